The molecule has 0 spiro atoms. The number of benzene rings is 1. The van der Waals surface area contributed by atoms with Gasteiger partial charge >= 0.3 is 5.97 Å². The molecule has 0 saturated carbocycles. The second kappa shape index (κ2) is 8.44. The number of aryl methyl sites for hydroxylation is 1. The summed E-state index contributed by atoms with van der Waals surface area (Å²) >= 11 is 1.54. The number of amides is 1. The summed E-state index contributed by atoms with van der Waals surface area (Å²) in [5, 5.41) is 8.55. The van der Waals surface area contributed by atoms with E-state index in [9.17, 15) is 9.59 Å². The molecule has 1 amide bonds. The molecular formula is C19H18N2O4S. The molecule has 0 bridgehead atoms. The van der Waals surface area contributed by atoms with Crippen molar-refractivity contribution in [3.05, 3.63) is 64.7 Å². The minimum absolute atomic E-state index is 0.0411. The fourth-order valence-electron chi connectivity index (χ4n) is 2.34. The van der Waals surface area contributed by atoms with E-state index in [0.717, 1.165) is 10.4 Å². The van der Waals surface area contributed by atoms with Gasteiger partial charge in [-0.05, 0) is 30.0 Å². The Morgan fingerprint density at radius 1 is 1.23 bits per heavy atom. The molecule has 0 atom stereocenters. The second-order valence-electron chi connectivity index (χ2n) is 5.64. The molecule has 134 valence electrons. The third-order valence-electron chi connectivity index (χ3n) is 3.71. The molecule has 7 heteroatoms. The predicted octanol–water partition coefficient (Wildman–Crippen LogP) is 3.57. The molecule has 0 aliphatic heterocycles. The van der Waals surface area contributed by atoms with Gasteiger partial charge in [-0.1, -0.05) is 29.4 Å². The van der Waals surface area contributed by atoms with Crippen LogP contribution in [-0.4, -0.2) is 23.6 Å². The van der Waals surface area contributed by atoms with Crippen LogP contribution in [0, 0.1) is 6.92 Å². The zero-order valence-corrected chi connectivity index (χ0v) is 15.0. The van der Waals surface area contributed by atoms with Crippen molar-refractivity contribution < 1.29 is 18.8 Å². The molecule has 0 aliphatic carbocycles. The van der Waals surface area contributed by atoms with Gasteiger partial charge in [-0.2, -0.15) is 0 Å². The number of nitrogens with zero attached hydrogens (tertiary/aromatic N) is 1. The summed E-state index contributed by atoms with van der Waals surface area (Å²) in [6.45, 7) is 2.12. The van der Waals surface area contributed by atoms with Crippen LogP contribution in [0.4, 0.5) is 0 Å². The van der Waals surface area contributed by atoms with Gasteiger partial charge in [-0.15, -0.1) is 11.3 Å². The number of rotatable bonds is 7. The Morgan fingerprint density at radius 3 is 2.85 bits per heavy atom. The number of aromatic nitrogens is 1. The summed E-state index contributed by atoms with van der Waals surface area (Å²) in [6.07, 6.45) is 0.0905. The second-order valence-corrected chi connectivity index (χ2v) is 6.59. The van der Waals surface area contributed by atoms with Crippen LogP contribution in [-0.2, 0) is 16.1 Å². The first-order valence-electron chi connectivity index (χ1n) is 8.12. The molecule has 3 aromatic rings. The maximum atomic E-state index is 12.1. The highest BCUT2D eigenvalue weighted by molar-refractivity contribution is 7.13. The zero-order chi connectivity index (χ0) is 18.4. The van der Waals surface area contributed by atoms with Crippen molar-refractivity contribution in [2.75, 3.05) is 6.54 Å². The van der Waals surface area contributed by atoms with E-state index < -0.39 is 5.97 Å². The average molecular weight is 370 g/mol. The lowest BCUT2D eigenvalue weighted by atomic mass is 10.1. The van der Waals surface area contributed by atoms with Gasteiger partial charge in [0.15, 0.2) is 5.76 Å². The quantitative estimate of drug-likeness (QED) is 0.643. The number of carbonyl (C=O) groups excluding carboxylic acids is 2. The van der Waals surface area contributed by atoms with Gasteiger partial charge in [0, 0.05) is 18.2 Å². The highest BCUT2D eigenvalue weighted by Gasteiger charge is 2.11. The molecule has 2 aromatic heterocycles. The van der Waals surface area contributed by atoms with E-state index in [4.69, 9.17) is 9.26 Å². The van der Waals surface area contributed by atoms with Crippen LogP contribution in [0.1, 0.15) is 28.0 Å². The van der Waals surface area contributed by atoms with Crippen molar-refractivity contribution in [1.29, 1.82) is 0 Å². The standard InChI is InChI=1S/C19H18N2O4S/c1-13-5-2-3-6-15(13)19(23)20-9-8-18(22)24-12-14-11-16(25-21-14)17-7-4-10-26-17/h2-7,10-11H,8-9,12H2,1H3,(H,20,23). The SMILES string of the molecule is Cc1ccccc1C(=O)NCCC(=O)OCc1cc(-c2cccs2)on1. The maximum Gasteiger partial charge on any atom is 0.307 e. The van der Waals surface area contributed by atoms with Crippen LogP contribution in [0.3, 0.4) is 0 Å². The lowest BCUT2D eigenvalue weighted by molar-refractivity contribution is -0.144. The van der Waals surface area contributed by atoms with Crippen molar-refractivity contribution in [3.63, 3.8) is 0 Å². The van der Waals surface area contributed by atoms with E-state index in [1.54, 1.807) is 29.5 Å². The van der Waals surface area contributed by atoms with Crippen LogP contribution in [0.2, 0.25) is 0 Å². The summed E-state index contributed by atoms with van der Waals surface area (Å²) < 4.78 is 10.4. The van der Waals surface area contributed by atoms with Crippen molar-refractivity contribution in [1.82, 2.24) is 10.5 Å². The highest BCUT2D eigenvalue weighted by Crippen LogP contribution is 2.25. The van der Waals surface area contributed by atoms with Gasteiger partial charge in [-0.25, -0.2) is 0 Å². The Labute approximate surface area is 154 Å². The van der Waals surface area contributed by atoms with Gasteiger partial charge in [0.25, 0.3) is 5.91 Å². The summed E-state index contributed by atoms with van der Waals surface area (Å²) in [4.78, 5) is 24.8. The molecule has 0 fully saturated rings. The number of hydrogen-bond acceptors (Lipinski definition) is 6. The van der Waals surface area contributed by atoms with Gasteiger partial charge in [0.05, 0.1) is 11.3 Å². The van der Waals surface area contributed by atoms with Gasteiger partial charge < -0.3 is 14.6 Å². The first kappa shape index (κ1) is 17.9. The van der Waals surface area contributed by atoms with Crippen molar-refractivity contribution in [2.24, 2.45) is 0 Å². The normalized spacial score (nSPS) is 10.5. The zero-order valence-electron chi connectivity index (χ0n) is 14.2. The molecule has 0 unspecified atom stereocenters. The molecule has 6 nitrogen and oxygen atoms in total. The third-order valence-corrected chi connectivity index (χ3v) is 4.59. The van der Waals surface area contributed by atoms with E-state index in [2.05, 4.69) is 10.5 Å². The molecule has 1 N–H and O–H groups in total. The van der Waals surface area contributed by atoms with Crippen molar-refractivity contribution in [2.45, 2.75) is 20.0 Å². The number of nitrogens with one attached hydrogen (secondary N) is 1. The van der Waals surface area contributed by atoms with E-state index in [1.165, 1.54) is 0 Å². The Hall–Kier alpha value is -2.93. The lowest BCUT2D eigenvalue weighted by Crippen LogP contribution is -2.27. The van der Waals surface area contributed by atoms with Crippen molar-refractivity contribution in [3.8, 4) is 10.6 Å². The minimum Gasteiger partial charge on any atom is -0.459 e. The maximum absolute atomic E-state index is 12.1. The van der Waals surface area contributed by atoms with E-state index in [1.807, 2.05) is 36.6 Å². The van der Waals surface area contributed by atoms with Crippen LogP contribution < -0.4 is 5.32 Å². The summed E-state index contributed by atoms with van der Waals surface area (Å²) in [7, 11) is 0. The number of esters is 1. The summed E-state index contributed by atoms with van der Waals surface area (Å²) in [6, 6.07) is 12.9. The first-order chi connectivity index (χ1) is 12.6. The Morgan fingerprint density at radius 2 is 2.08 bits per heavy atom. The molecule has 2 heterocycles. The predicted molar refractivity (Wildman–Crippen MR) is 97.7 cm³/mol. The number of ether oxygens (including phenoxy) is 1. The van der Waals surface area contributed by atoms with Crippen LogP contribution in [0.5, 0.6) is 0 Å². The van der Waals surface area contributed by atoms with E-state index in [-0.39, 0.29) is 25.5 Å². The topological polar surface area (TPSA) is 81.4 Å². The monoisotopic (exact) mass is 370 g/mol. The van der Waals surface area contributed by atoms with Crippen molar-refractivity contribution >= 4 is 23.2 Å². The summed E-state index contributed by atoms with van der Waals surface area (Å²) in [5.74, 6) is 0.0419. The molecule has 0 radical (unpaired) electrons. The molecular weight excluding hydrogens is 352 g/mol. The van der Waals surface area contributed by atoms with Gasteiger partial charge in [-0.3, -0.25) is 9.59 Å². The number of carbonyl (C=O) groups is 2. The lowest BCUT2D eigenvalue weighted by Gasteiger charge is -2.07. The molecule has 26 heavy (non-hydrogen) atoms. The minimum atomic E-state index is -0.407. The van der Waals surface area contributed by atoms with E-state index in [0.29, 0.717) is 17.0 Å². The largest absolute Gasteiger partial charge is 0.459 e. The fourth-order valence-corrected chi connectivity index (χ4v) is 3.02. The van der Waals surface area contributed by atoms with Gasteiger partial charge in [0.2, 0.25) is 0 Å². The van der Waals surface area contributed by atoms with Gasteiger partial charge in [0.1, 0.15) is 12.3 Å². The first-order valence-corrected chi connectivity index (χ1v) is 9.00. The van der Waals surface area contributed by atoms with Crippen LogP contribution in [0.25, 0.3) is 10.6 Å². The Bertz CT molecular complexity index is 887. The highest BCUT2D eigenvalue weighted by atomic mass is 32.1. The summed E-state index contributed by atoms with van der Waals surface area (Å²) in [5.41, 5.74) is 2.04. The smallest absolute Gasteiger partial charge is 0.307 e. The third kappa shape index (κ3) is 4.58. The van der Waals surface area contributed by atoms with Crippen LogP contribution >= 0.6 is 11.3 Å². The molecule has 0 aliphatic rings. The van der Waals surface area contributed by atoms with Crippen LogP contribution in [0.15, 0.2) is 52.4 Å². The molecule has 0 saturated heterocycles. The Balaban J connectivity index is 1.41. The van der Waals surface area contributed by atoms with E-state index >= 15 is 0 Å². The fraction of sp³-hybridized carbons (Fsp3) is 0.211. The number of thiophene rings is 1. The average Bonchev–Trinajstić information content (AvgIpc) is 3.31. The number of hydrogen-bond donors (Lipinski definition) is 1. The Kier molecular flexibility index (Phi) is 5.80. The molecule has 3 rings (SSSR count). The molecule has 1 aromatic carbocycles.